The van der Waals surface area contributed by atoms with Crippen molar-refractivity contribution < 1.29 is 30.4 Å². The zero-order valence-electron chi connectivity index (χ0n) is 26.9. The number of aromatic nitrogens is 4. The third-order valence-electron chi connectivity index (χ3n) is 8.13. The number of imidazole rings is 2. The highest BCUT2D eigenvalue weighted by Crippen LogP contribution is 2.43. The van der Waals surface area contributed by atoms with E-state index in [1.165, 1.54) is 36.9 Å². The second-order valence-electron chi connectivity index (χ2n) is 12.1. The van der Waals surface area contributed by atoms with Crippen LogP contribution >= 0.6 is 55.1 Å². The maximum absolute atomic E-state index is 16.4. The molecule has 2 unspecified atom stereocenters. The van der Waals surface area contributed by atoms with E-state index in [1.807, 2.05) is 0 Å². The van der Waals surface area contributed by atoms with Crippen molar-refractivity contribution in [3.63, 3.8) is 0 Å². The molecule has 0 saturated heterocycles. The van der Waals surface area contributed by atoms with Crippen LogP contribution in [-0.2, 0) is 24.5 Å². The molecule has 0 aliphatic rings. The van der Waals surface area contributed by atoms with Crippen LogP contribution in [-0.4, -0.2) is 66.6 Å². The molecule has 6 aromatic rings. The number of hydrogen-bond donors (Lipinski definition) is 4. The molecule has 272 valence electrons. The van der Waals surface area contributed by atoms with E-state index in [2.05, 4.69) is 62.4 Å². The molecule has 0 bridgehead atoms. The summed E-state index contributed by atoms with van der Waals surface area (Å²) in [7, 11) is -8.08. The summed E-state index contributed by atoms with van der Waals surface area (Å²) in [5.74, 6) is -7.97. The van der Waals surface area contributed by atoms with Gasteiger partial charge < -0.3 is 20.6 Å². The van der Waals surface area contributed by atoms with Crippen molar-refractivity contribution in [2.75, 3.05) is 34.7 Å². The van der Waals surface area contributed by atoms with Crippen molar-refractivity contribution >= 4 is 125 Å². The quantitative estimate of drug-likeness (QED) is 0.0941. The summed E-state index contributed by atoms with van der Waals surface area (Å²) in [4.78, 5) is 28.7. The maximum atomic E-state index is 16.4. The van der Waals surface area contributed by atoms with Crippen LogP contribution < -0.4 is 10.6 Å². The molecule has 0 fully saturated rings. The zero-order chi connectivity index (χ0) is 37.7. The van der Waals surface area contributed by atoms with Gasteiger partial charge >= 0.3 is 0 Å². The number of fused-ring (bicyclic) bond motifs is 2. The number of nitrogens with zero attached hydrogens (tertiary/aromatic N) is 2. The van der Waals surface area contributed by atoms with Crippen LogP contribution in [0.5, 0.6) is 0 Å². The summed E-state index contributed by atoms with van der Waals surface area (Å²) in [6, 6.07) is 12.2. The third-order valence-corrected chi connectivity index (χ3v) is 11.6. The number of carbonyl (C=O) groups excluding carboxylic acids is 1. The fourth-order valence-electron chi connectivity index (χ4n) is 5.88. The summed E-state index contributed by atoms with van der Waals surface area (Å²) in [5, 5.41) is 6.12. The summed E-state index contributed by atoms with van der Waals surface area (Å²) in [6.07, 6.45) is 4.23. The standard InChI is InChI=1S/C33H26Br2Cl2F2N6O5S2/c1-51(47,48)11-19(17-9-25-31(42-13-40-25)27(38)29(17)44-23-5-3-15(34)7-21(23)36)33(46)20(12-52(2,49)50)18-10-26-32(43-14-41-26)28(39)30(18)45-24-6-4-16(35)8-22(24)37/h3-10,13-14,19-20,44-45H,11-12H2,1-2H3,(H,40,42)(H,41,43). The Kier molecular flexibility index (Phi) is 10.8. The van der Waals surface area contributed by atoms with Crippen LogP contribution in [0.15, 0.2) is 70.1 Å². The highest BCUT2D eigenvalue weighted by molar-refractivity contribution is 9.10. The van der Waals surface area contributed by atoms with Gasteiger partial charge in [0.25, 0.3) is 0 Å². The lowest BCUT2D eigenvalue weighted by Gasteiger charge is -2.27. The van der Waals surface area contributed by atoms with Crippen LogP contribution in [0.1, 0.15) is 23.0 Å². The molecule has 0 amide bonds. The Morgan fingerprint density at radius 2 is 1.12 bits per heavy atom. The molecule has 2 atom stereocenters. The number of ketones is 1. The topological polar surface area (TPSA) is 167 Å². The molecule has 2 aromatic heterocycles. The number of carbonyl (C=O) groups is 1. The Morgan fingerprint density at radius 1 is 0.731 bits per heavy atom. The predicted molar refractivity (Wildman–Crippen MR) is 207 cm³/mol. The molecule has 4 N–H and O–H groups in total. The highest BCUT2D eigenvalue weighted by Gasteiger charge is 2.38. The van der Waals surface area contributed by atoms with E-state index >= 15 is 13.6 Å². The first-order chi connectivity index (χ1) is 24.4. The summed E-state index contributed by atoms with van der Waals surface area (Å²) in [5.41, 5.74) is -0.494. The molecule has 52 heavy (non-hydrogen) atoms. The van der Waals surface area contributed by atoms with Gasteiger partial charge in [0.15, 0.2) is 11.6 Å². The van der Waals surface area contributed by atoms with Crippen LogP contribution in [0.2, 0.25) is 10.0 Å². The first-order valence-electron chi connectivity index (χ1n) is 15.0. The second kappa shape index (κ2) is 14.7. The van der Waals surface area contributed by atoms with Gasteiger partial charge in [0.2, 0.25) is 0 Å². The van der Waals surface area contributed by atoms with E-state index in [0.717, 1.165) is 12.5 Å². The number of Topliss-reactive ketones (excluding diaryl/α,β-unsaturated/α-hetero) is 1. The fraction of sp³-hybridized carbons (Fsp3) is 0.182. The van der Waals surface area contributed by atoms with Gasteiger partial charge in [0, 0.05) is 21.5 Å². The molecule has 19 heteroatoms. The van der Waals surface area contributed by atoms with Crippen molar-refractivity contribution in [2.24, 2.45) is 0 Å². The van der Waals surface area contributed by atoms with E-state index in [9.17, 15) is 16.8 Å². The number of anilines is 4. The largest absolute Gasteiger partial charge is 0.352 e. The molecular formula is C33H26Br2Cl2F2N6O5S2. The Labute approximate surface area is 323 Å². The molecule has 2 heterocycles. The van der Waals surface area contributed by atoms with Gasteiger partial charge in [-0.05, 0) is 59.7 Å². The van der Waals surface area contributed by atoms with Gasteiger partial charge in [-0.3, -0.25) is 4.79 Å². The van der Waals surface area contributed by atoms with Gasteiger partial charge in [-0.25, -0.2) is 35.6 Å². The average molecular weight is 919 g/mol. The van der Waals surface area contributed by atoms with Gasteiger partial charge in [-0.15, -0.1) is 0 Å². The van der Waals surface area contributed by atoms with E-state index in [1.54, 1.807) is 24.3 Å². The van der Waals surface area contributed by atoms with E-state index in [4.69, 9.17) is 23.2 Å². The smallest absolute Gasteiger partial charge is 0.174 e. The van der Waals surface area contributed by atoms with Gasteiger partial charge in [0.05, 0.1) is 79.8 Å². The van der Waals surface area contributed by atoms with Crippen molar-refractivity contribution in [2.45, 2.75) is 11.8 Å². The molecule has 4 aromatic carbocycles. The van der Waals surface area contributed by atoms with E-state index in [-0.39, 0.29) is 66.0 Å². The number of aromatic amines is 2. The lowest BCUT2D eigenvalue weighted by molar-refractivity contribution is -0.121. The summed E-state index contributed by atoms with van der Waals surface area (Å²) >= 11 is 19.6. The molecule has 0 aliphatic heterocycles. The summed E-state index contributed by atoms with van der Waals surface area (Å²) in [6.45, 7) is 0. The Bertz CT molecular complexity index is 2450. The number of rotatable bonds is 12. The lowest BCUT2D eigenvalue weighted by atomic mass is 9.83. The lowest BCUT2D eigenvalue weighted by Crippen LogP contribution is -2.31. The number of nitrogens with one attached hydrogen (secondary N) is 4. The molecule has 6 rings (SSSR count). The van der Waals surface area contributed by atoms with Crippen molar-refractivity contribution in [1.29, 1.82) is 0 Å². The first kappa shape index (κ1) is 38.1. The normalized spacial score (nSPS) is 13.4. The number of sulfone groups is 2. The molecule has 0 aliphatic carbocycles. The predicted octanol–water partition coefficient (Wildman–Crippen LogP) is 8.56. The Morgan fingerprint density at radius 3 is 1.46 bits per heavy atom. The van der Waals surface area contributed by atoms with E-state index < -0.39 is 60.4 Å². The van der Waals surface area contributed by atoms with Crippen molar-refractivity contribution in [3.05, 3.63) is 103 Å². The average Bonchev–Trinajstić information content (AvgIpc) is 3.72. The minimum atomic E-state index is -4.04. The molecule has 0 spiro atoms. The molecular weight excluding hydrogens is 893 g/mol. The van der Waals surface area contributed by atoms with Crippen LogP contribution in [0.25, 0.3) is 22.1 Å². The highest BCUT2D eigenvalue weighted by atomic mass is 79.9. The zero-order valence-corrected chi connectivity index (χ0v) is 33.2. The fourth-order valence-corrected chi connectivity index (χ4v) is 9.22. The monoisotopic (exact) mass is 916 g/mol. The molecule has 0 saturated carbocycles. The second-order valence-corrected chi connectivity index (χ2v) is 19.1. The minimum absolute atomic E-state index is 0.123. The summed E-state index contributed by atoms with van der Waals surface area (Å²) < 4.78 is 86.3. The number of halogens is 6. The molecule has 11 nitrogen and oxygen atoms in total. The van der Waals surface area contributed by atoms with Crippen LogP contribution in [0.4, 0.5) is 31.5 Å². The Balaban J connectivity index is 1.60. The number of H-pyrrole nitrogens is 2. The Hall–Kier alpha value is -3.61. The van der Waals surface area contributed by atoms with Gasteiger partial charge in [-0.1, -0.05) is 55.1 Å². The maximum Gasteiger partial charge on any atom is 0.174 e. The van der Waals surface area contributed by atoms with Crippen LogP contribution in [0.3, 0.4) is 0 Å². The van der Waals surface area contributed by atoms with Crippen molar-refractivity contribution in [3.8, 4) is 0 Å². The van der Waals surface area contributed by atoms with Gasteiger partial charge in [-0.2, -0.15) is 0 Å². The number of benzene rings is 4. The van der Waals surface area contributed by atoms with Crippen molar-refractivity contribution in [1.82, 2.24) is 19.9 Å². The SMILES string of the molecule is CS(=O)(=O)CC(C(=O)C(CS(C)(=O)=O)c1cc2[nH]cnc2c(F)c1Nc1ccc(Br)cc1Cl)c1cc2[nH]cnc2c(F)c1Nc1ccc(Br)cc1Cl. The third kappa shape index (κ3) is 8.14. The van der Waals surface area contributed by atoms with E-state index in [0.29, 0.717) is 8.95 Å². The first-order valence-corrected chi connectivity index (χ1v) is 21.5. The van der Waals surface area contributed by atoms with Gasteiger partial charge in [0.1, 0.15) is 36.5 Å². The van der Waals surface area contributed by atoms with Crippen LogP contribution in [0, 0.1) is 11.6 Å². The number of hydrogen-bond acceptors (Lipinski definition) is 9. The molecule has 0 radical (unpaired) electrons. The minimum Gasteiger partial charge on any atom is -0.352 e.